The summed E-state index contributed by atoms with van der Waals surface area (Å²) in [5.74, 6) is 2.20. The Hall–Kier alpha value is -3.75. The maximum Gasteiger partial charge on any atom is 0.239 e. The van der Waals surface area contributed by atoms with Gasteiger partial charge in [0.1, 0.15) is 5.82 Å². The highest BCUT2D eigenvalue weighted by atomic mass is 16.5. The van der Waals surface area contributed by atoms with E-state index in [-0.39, 0.29) is 30.4 Å². The molecule has 9 nitrogen and oxygen atoms in total. The summed E-state index contributed by atoms with van der Waals surface area (Å²) < 4.78 is 11.8. The Balaban J connectivity index is 1.35. The molecule has 9 heteroatoms. The van der Waals surface area contributed by atoms with Gasteiger partial charge in [0.2, 0.25) is 11.9 Å². The summed E-state index contributed by atoms with van der Waals surface area (Å²) in [6.07, 6.45) is 4.57. The number of carbonyl (C=O) groups is 1. The molecule has 2 heterocycles. The molecule has 35 heavy (non-hydrogen) atoms. The molecule has 184 valence electrons. The molecule has 1 aromatic heterocycles. The number of H-pyrrole nitrogens is 1. The van der Waals surface area contributed by atoms with Gasteiger partial charge >= 0.3 is 0 Å². The molecule has 1 saturated carbocycles. The van der Waals surface area contributed by atoms with E-state index in [0.717, 1.165) is 43.0 Å². The molecule has 1 saturated heterocycles. The summed E-state index contributed by atoms with van der Waals surface area (Å²) in [6, 6.07) is 16.4. The molecule has 5 rings (SSSR count). The van der Waals surface area contributed by atoms with Gasteiger partial charge in [0, 0.05) is 31.4 Å². The van der Waals surface area contributed by atoms with Gasteiger partial charge in [0.05, 0.1) is 25.7 Å². The maximum absolute atomic E-state index is 13.3. The summed E-state index contributed by atoms with van der Waals surface area (Å²) in [5.41, 5.74) is 7.89. The van der Waals surface area contributed by atoms with Crippen LogP contribution in [0.5, 0.6) is 11.5 Å². The Morgan fingerprint density at radius 1 is 1.14 bits per heavy atom. The summed E-state index contributed by atoms with van der Waals surface area (Å²) >= 11 is 0. The van der Waals surface area contributed by atoms with Gasteiger partial charge in [-0.15, -0.1) is 5.10 Å². The average Bonchev–Trinajstić information content (AvgIpc) is 3.26. The lowest BCUT2D eigenvalue weighted by molar-refractivity contribution is -0.133. The van der Waals surface area contributed by atoms with Crippen LogP contribution in [0.2, 0.25) is 0 Å². The van der Waals surface area contributed by atoms with E-state index in [1.807, 2.05) is 29.2 Å². The first-order chi connectivity index (χ1) is 17.1. The van der Waals surface area contributed by atoms with E-state index in [0.29, 0.717) is 18.9 Å². The fourth-order valence-electron chi connectivity index (χ4n) is 4.74. The van der Waals surface area contributed by atoms with Crippen molar-refractivity contribution in [2.45, 2.75) is 44.2 Å². The number of nitrogens with zero attached hydrogens (tertiary/aromatic N) is 4. The molecule has 0 radical (unpaired) electrons. The fraction of sp³-hybridized carbons (Fsp3) is 0.423. The first-order valence-electron chi connectivity index (χ1n) is 12.2. The fourth-order valence-corrected chi connectivity index (χ4v) is 4.74. The summed E-state index contributed by atoms with van der Waals surface area (Å²) in [6.45, 7) is 2.06. The van der Waals surface area contributed by atoms with E-state index >= 15 is 0 Å². The van der Waals surface area contributed by atoms with Crippen molar-refractivity contribution in [3.05, 3.63) is 59.9 Å². The quantitative estimate of drug-likeness (QED) is 0.514. The summed E-state index contributed by atoms with van der Waals surface area (Å²) in [7, 11) is 1.67. The van der Waals surface area contributed by atoms with Crippen molar-refractivity contribution in [2.75, 3.05) is 37.4 Å². The number of nitrogens with two attached hydrogens (primary N) is 1. The number of rotatable bonds is 8. The highest BCUT2D eigenvalue weighted by molar-refractivity contribution is 5.79. The molecule has 2 aliphatic rings. The first kappa shape index (κ1) is 23.0. The van der Waals surface area contributed by atoms with Gasteiger partial charge in [-0.1, -0.05) is 30.3 Å². The number of amides is 1. The maximum atomic E-state index is 13.3. The second-order valence-electron chi connectivity index (χ2n) is 9.20. The molecule has 1 atom stereocenters. The topological polar surface area (TPSA) is 110 Å². The second kappa shape index (κ2) is 10.2. The van der Waals surface area contributed by atoms with Gasteiger partial charge in [-0.05, 0) is 43.4 Å². The lowest BCUT2D eigenvalue weighted by Gasteiger charge is -2.43. The van der Waals surface area contributed by atoms with Crippen molar-refractivity contribution < 1.29 is 14.3 Å². The SMILES string of the molecule is COc1ccc(N2CCN(C(=O)Cc3nc(N)n[nH]3)[C@@H](Cc3ccccc3)C2)cc1OC1CCC1. The number of hydrogen-bond donors (Lipinski definition) is 2. The van der Waals surface area contributed by atoms with Crippen LogP contribution in [0.25, 0.3) is 0 Å². The third-order valence-electron chi connectivity index (χ3n) is 6.84. The van der Waals surface area contributed by atoms with Crippen molar-refractivity contribution in [3.63, 3.8) is 0 Å². The Kier molecular flexibility index (Phi) is 6.74. The zero-order valence-corrected chi connectivity index (χ0v) is 20.0. The van der Waals surface area contributed by atoms with E-state index in [2.05, 4.69) is 44.3 Å². The number of benzene rings is 2. The van der Waals surface area contributed by atoms with Crippen LogP contribution in [0.1, 0.15) is 30.7 Å². The molecule has 0 bridgehead atoms. The van der Waals surface area contributed by atoms with Gasteiger partial charge in [-0.2, -0.15) is 4.98 Å². The summed E-state index contributed by atoms with van der Waals surface area (Å²) in [4.78, 5) is 21.7. The van der Waals surface area contributed by atoms with Crippen molar-refractivity contribution in [1.29, 1.82) is 0 Å². The van der Waals surface area contributed by atoms with E-state index in [9.17, 15) is 4.79 Å². The largest absolute Gasteiger partial charge is 0.493 e. The van der Waals surface area contributed by atoms with Gasteiger partial charge in [0.25, 0.3) is 0 Å². The number of ether oxygens (including phenoxy) is 2. The number of aromatic nitrogens is 3. The number of nitrogen functional groups attached to an aromatic ring is 1. The van der Waals surface area contributed by atoms with Gasteiger partial charge in [-0.3, -0.25) is 9.89 Å². The highest BCUT2D eigenvalue weighted by Crippen LogP contribution is 2.36. The standard InChI is InChI=1S/C26H32N6O3/c1-34-22-11-10-19(15-23(22)35-21-8-5-9-21)31-12-13-32(25(33)16-24-28-26(27)30-29-24)20(17-31)14-18-6-3-2-4-7-18/h2-4,6-7,10-11,15,20-21H,5,8-9,12-14,16-17H2,1H3,(H3,27,28,29,30)/t20-/m0/s1. The lowest BCUT2D eigenvalue weighted by atomic mass is 9.96. The summed E-state index contributed by atoms with van der Waals surface area (Å²) in [5, 5.41) is 6.59. The molecule has 1 aliphatic carbocycles. The van der Waals surface area contributed by atoms with Crippen molar-refractivity contribution in [3.8, 4) is 11.5 Å². The predicted octanol–water partition coefficient (Wildman–Crippen LogP) is 2.83. The molecule has 0 spiro atoms. The second-order valence-corrected chi connectivity index (χ2v) is 9.20. The van der Waals surface area contributed by atoms with Crippen LogP contribution >= 0.6 is 0 Å². The third kappa shape index (κ3) is 5.34. The number of aromatic amines is 1. The normalized spacial score (nSPS) is 18.3. The predicted molar refractivity (Wildman–Crippen MR) is 134 cm³/mol. The average molecular weight is 477 g/mol. The van der Waals surface area contributed by atoms with Gasteiger partial charge in [0.15, 0.2) is 11.5 Å². The number of methoxy groups -OCH3 is 1. The molecule has 1 aliphatic heterocycles. The number of carbonyl (C=O) groups excluding carboxylic acids is 1. The van der Waals surface area contributed by atoms with Crippen LogP contribution in [0.3, 0.4) is 0 Å². The van der Waals surface area contributed by atoms with Crippen LogP contribution in [-0.4, -0.2) is 64.9 Å². The van der Waals surface area contributed by atoms with E-state index < -0.39 is 0 Å². The Labute approximate surface area is 205 Å². The van der Waals surface area contributed by atoms with E-state index in [4.69, 9.17) is 15.2 Å². The minimum atomic E-state index is 0.0111. The van der Waals surface area contributed by atoms with Crippen molar-refractivity contribution in [2.24, 2.45) is 0 Å². The number of hydrogen-bond acceptors (Lipinski definition) is 7. The molecule has 0 unspecified atom stereocenters. The highest BCUT2D eigenvalue weighted by Gasteiger charge is 2.32. The first-order valence-corrected chi connectivity index (χ1v) is 12.2. The minimum Gasteiger partial charge on any atom is -0.493 e. The number of nitrogens with one attached hydrogen (secondary N) is 1. The molecular formula is C26H32N6O3. The van der Waals surface area contributed by atoms with E-state index in [1.165, 1.54) is 12.0 Å². The Morgan fingerprint density at radius 2 is 1.97 bits per heavy atom. The number of anilines is 2. The smallest absolute Gasteiger partial charge is 0.239 e. The van der Waals surface area contributed by atoms with Crippen LogP contribution in [0.4, 0.5) is 11.6 Å². The zero-order chi connectivity index (χ0) is 24.2. The van der Waals surface area contributed by atoms with Gasteiger partial charge < -0.3 is 25.0 Å². The molecular weight excluding hydrogens is 444 g/mol. The molecule has 1 amide bonds. The zero-order valence-electron chi connectivity index (χ0n) is 20.0. The molecule has 3 aromatic rings. The van der Waals surface area contributed by atoms with Crippen LogP contribution in [-0.2, 0) is 17.6 Å². The molecule has 3 N–H and O–H groups in total. The van der Waals surface area contributed by atoms with Crippen LogP contribution in [0.15, 0.2) is 48.5 Å². The van der Waals surface area contributed by atoms with Gasteiger partial charge in [-0.25, -0.2) is 0 Å². The molecule has 2 aromatic carbocycles. The van der Waals surface area contributed by atoms with E-state index in [1.54, 1.807) is 7.11 Å². The Morgan fingerprint density at radius 3 is 2.66 bits per heavy atom. The minimum absolute atomic E-state index is 0.0111. The number of piperazine rings is 1. The van der Waals surface area contributed by atoms with Crippen LogP contribution < -0.4 is 20.1 Å². The van der Waals surface area contributed by atoms with Crippen LogP contribution in [0, 0.1) is 0 Å². The third-order valence-corrected chi connectivity index (χ3v) is 6.84. The Bertz CT molecular complexity index is 1150. The van der Waals surface area contributed by atoms with Crippen molar-refractivity contribution in [1.82, 2.24) is 20.1 Å². The lowest BCUT2D eigenvalue weighted by Crippen LogP contribution is -2.56. The molecule has 2 fully saturated rings. The monoisotopic (exact) mass is 476 g/mol. The van der Waals surface area contributed by atoms with Crippen molar-refractivity contribution >= 4 is 17.5 Å².